The molecule has 1 aromatic carbocycles. The first-order valence-electron chi connectivity index (χ1n) is 12.3. The van der Waals surface area contributed by atoms with E-state index < -0.39 is 14.3 Å². The fraction of sp³-hybridized carbons (Fsp3) is 0.538. The average Bonchev–Trinajstić information content (AvgIpc) is 3.25. The smallest absolute Gasteiger partial charge is 0.345 e. The summed E-state index contributed by atoms with van der Waals surface area (Å²) in [4.78, 5) is 25.3. The molecule has 1 amide bonds. The van der Waals surface area contributed by atoms with Crippen LogP contribution >= 0.6 is 39.0 Å². The third-order valence-corrected chi connectivity index (χ3v) is 13.9. The minimum absolute atomic E-state index is 0.0575. The topological polar surface area (TPSA) is 70.1 Å². The molecule has 10 heteroatoms. The summed E-state index contributed by atoms with van der Waals surface area (Å²) in [5, 5.41) is 13.4. The molecule has 0 radical (unpaired) electrons. The Hall–Kier alpha value is -1.17. The number of rotatable bonds is 11. The van der Waals surface area contributed by atoms with Crippen LogP contribution in [0.1, 0.15) is 47.3 Å². The maximum Gasteiger partial charge on any atom is 0.345 e. The van der Waals surface area contributed by atoms with Crippen molar-refractivity contribution in [3.05, 3.63) is 56.2 Å². The molecular weight excluding hydrogens is 576 g/mol. The highest BCUT2D eigenvalue weighted by Gasteiger charge is 2.39. The number of thioether (sulfide) groups is 1. The number of carboxylic acids is 1. The third kappa shape index (κ3) is 8.16. The first kappa shape index (κ1) is 29.4. The Morgan fingerprint density at radius 1 is 1.22 bits per heavy atom. The highest BCUT2D eigenvalue weighted by molar-refractivity contribution is 9.10. The number of carbonyl (C=O) groups excluding carboxylic acids is 1. The van der Waals surface area contributed by atoms with Gasteiger partial charge in [0.1, 0.15) is 4.88 Å². The molecule has 0 aliphatic carbocycles. The molecule has 0 spiro atoms. The molecule has 1 aliphatic heterocycles. The van der Waals surface area contributed by atoms with Gasteiger partial charge in [0.05, 0.1) is 6.10 Å². The van der Waals surface area contributed by atoms with Crippen LogP contribution in [0, 0.1) is 0 Å². The van der Waals surface area contributed by atoms with Crippen molar-refractivity contribution >= 4 is 58.6 Å². The lowest BCUT2D eigenvalue weighted by Crippen LogP contribution is -2.51. The van der Waals surface area contributed by atoms with Crippen molar-refractivity contribution in [3.63, 3.8) is 0 Å². The molecular formula is C26H37BrN2O4S2Si. The van der Waals surface area contributed by atoms with Gasteiger partial charge in [-0.2, -0.15) is 0 Å². The summed E-state index contributed by atoms with van der Waals surface area (Å²) in [6.45, 7) is 13.5. The summed E-state index contributed by atoms with van der Waals surface area (Å²) in [6, 6.07) is 11.9. The van der Waals surface area contributed by atoms with Crippen molar-refractivity contribution in [2.24, 2.45) is 0 Å². The number of amides is 1. The minimum atomic E-state index is -1.98. The van der Waals surface area contributed by atoms with E-state index in [1.165, 1.54) is 28.7 Å². The zero-order valence-electron chi connectivity index (χ0n) is 21.8. The molecule has 1 saturated heterocycles. The van der Waals surface area contributed by atoms with Gasteiger partial charge in [0.2, 0.25) is 0 Å². The second kappa shape index (κ2) is 12.6. The van der Waals surface area contributed by atoms with Crippen LogP contribution in [0.3, 0.4) is 0 Å². The van der Waals surface area contributed by atoms with Gasteiger partial charge in [0, 0.05) is 41.2 Å². The molecule has 1 atom stereocenters. The molecule has 1 aromatic heterocycles. The molecule has 1 N–H and O–H groups in total. The van der Waals surface area contributed by atoms with Crippen LogP contribution in [0.15, 0.2) is 40.9 Å². The Morgan fingerprint density at radius 2 is 1.97 bits per heavy atom. The van der Waals surface area contributed by atoms with Crippen LogP contribution in [0.4, 0.5) is 4.79 Å². The van der Waals surface area contributed by atoms with E-state index in [0.717, 1.165) is 41.0 Å². The fourth-order valence-corrected chi connectivity index (χ4v) is 7.38. The molecule has 6 nitrogen and oxygen atoms in total. The Morgan fingerprint density at radius 3 is 2.61 bits per heavy atom. The lowest BCUT2D eigenvalue weighted by Gasteiger charge is -2.41. The Bertz CT molecular complexity index is 1060. The maximum atomic E-state index is 12.8. The van der Waals surface area contributed by atoms with E-state index in [1.54, 1.807) is 6.07 Å². The SMILES string of the molecule is CC(C)(C)[Si](C)(C)OC(CCN1CCSC(=O)N1CCc1ccc(C(=O)O)s1)Cc1cccc(Br)c1. The summed E-state index contributed by atoms with van der Waals surface area (Å²) in [5.41, 5.74) is 1.24. The van der Waals surface area contributed by atoms with E-state index in [4.69, 9.17) is 4.43 Å². The van der Waals surface area contributed by atoms with Gasteiger partial charge in [-0.15, -0.1) is 11.3 Å². The highest BCUT2D eigenvalue weighted by atomic mass is 79.9. The van der Waals surface area contributed by atoms with E-state index in [-0.39, 0.29) is 16.4 Å². The minimum Gasteiger partial charge on any atom is -0.477 e. The summed E-state index contributed by atoms with van der Waals surface area (Å²) in [7, 11) is -1.98. The zero-order chi connectivity index (χ0) is 26.5. The van der Waals surface area contributed by atoms with Crippen LogP contribution < -0.4 is 0 Å². The molecule has 0 bridgehead atoms. The molecule has 3 rings (SSSR count). The Labute approximate surface area is 232 Å². The van der Waals surface area contributed by atoms with Crippen molar-refractivity contribution in [1.82, 2.24) is 10.0 Å². The van der Waals surface area contributed by atoms with Crippen molar-refractivity contribution < 1.29 is 19.1 Å². The number of hydrazine groups is 1. The number of carbonyl (C=O) groups is 2. The van der Waals surface area contributed by atoms with Crippen LogP contribution in [0.5, 0.6) is 0 Å². The average molecular weight is 614 g/mol. The molecule has 198 valence electrons. The summed E-state index contributed by atoms with van der Waals surface area (Å²) >= 11 is 6.22. The molecule has 2 heterocycles. The maximum absolute atomic E-state index is 12.8. The summed E-state index contributed by atoms with van der Waals surface area (Å²) in [5.74, 6) is -0.132. The van der Waals surface area contributed by atoms with Gasteiger partial charge in [-0.3, -0.25) is 9.80 Å². The van der Waals surface area contributed by atoms with Crippen LogP contribution in [-0.2, 0) is 17.3 Å². The Balaban J connectivity index is 1.69. The molecule has 36 heavy (non-hydrogen) atoms. The van der Waals surface area contributed by atoms with Gasteiger partial charge in [0.15, 0.2) is 8.32 Å². The van der Waals surface area contributed by atoms with E-state index >= 15 is 0 Å². The van der Waals surface area contributed by atoms with E-state index in [1.807, 2.05) is 17.1 Å². The largest absolute Gasteiger partial charge is 0.477 e. The second-order valence-electron chi connectivity index (χ2n) is 10.6. The predicted molar refractivity (Wildman–Crippen MR) is 156 cm³/mol. The van der Waals surface area contributed by atoms with Gasteiger partial charge in [0.25, 0.3) is 5.24 Å². The van der Waals surface area contributed by atoms with Crippen LogP contribution in [-0.4, -0.2) is 66.1 Å². The number of hydrogen-bond acceptors (Lipinski definition) is 6. The lowest BCUT2D eigenvalue weighted by molar-refractivity contribution is 0.0161. The first-order chi connectivity index (χ1) is 16.9. The number of carboxylic acid groups (broad SMARTS) is 1. The van der Waals surface area contributed by atoms with Gasteiger partial charge in [-0.25, -0.2) is 9.80 Å². The van der Waals surface area contributed by atoms with E-state index in [9.17, 15) is 14.7 Å². The second-order valence-corrected chi connectivity index (χ2v) is 18.5. The number of hydrogen-bond donors (Lipinski definition) is 1. The predicted octanol–water partition coefficient (Wildman–Crippen LogP) is 7.16. The van der Waals surface area contributed by atoms with Gasteiger partial charge < -0.3 is 9.53 Å². The van der Waals surface area contributed by atoms with Crippen molar-refractivity contribution in [1.29, 1.82) is 0 Å². The van der Waals surface area contributed by atoms with E-state index in [2.05, 4.69) is 73.0 Å². The highest BCUT2D eigenvalue weighted by Crippen LogP contribution is 2.38. The number of nitrogens with zero attached hydrogens (tertiary/aromatic N) is 2. The van der Waals surface area contributed by atoms with Crippen molar-refractivity contribution in [3.8, 4) is 0 Å². The molecule has 1 aliphatic rings. The molecule has 1 fully saturated rings. The normalized spacial score (nSPS) is 16.4. The number of thiophene rings is 1. The van der Waals surface area contributed by atoms with Gasteiger partial charge in [-0.1, -0.05) is 60.6 Å². The van der Waals surface area contributed by atoms with Crippen LogP contribution in [0.2, 0.25) is 18.1 Å². The molecule has 2 aromatic rings. The van der Waals surface area contributed by atoms with Gasteiger partial charge in [-0.05, 0) is 60.8 Å². The zero-order valence-corrected chi connectivity index (χ0v) is 26.0. The summed E-state index contributed by atoms with van der Waals surface area (Å²) in [6.07, 6.45) is 2.36. The number of aromatic carboxylic acids is 1. The third-order valence-electron chi connectivity index (χ3n) is 6.90. The monoisotopic (exact) mass is 612 g/mol. The van der Waals surface area contributed by atoms with Crippen molar-refractivity contribution in [2.75, 3.05) is 25.4 Å². The van der Waals surface area contributed by atoms with E-state index in [0.29, 0.717) is 17.8 Å². The standard InChI is InChI=1S/C26H37BrN2O4S2Si/c1-26(2,3)36(4,5)33-21(18-19-7-6-8-20(27)17-19)11-13-28-15-16-34-25(32)29(28)14-12-22-9-10-23(35-22)24(30)31/h6-10,17,21H,11-16,18H2,1-5H3,(H,30,31). The summed E-state index contributed by atoms with van der Waals surface area (Å²) < 4.78 is 7.95. The van der Waals surface area contributed by atoms with Gasteiger partial charge >= 0.3 is 5.97 Å². The first-order valence-corrected chi connectivity index (χ1v) is 17.8. The lowest BCUT2D eigenvalue weighted by atomic mass is 10.1. The Kier molecular flexibility index (Phi) is 10.3. The molecule has 0 saturated carbocycles. The molecule has 1 unspecified atom stereocenters. The van der Waals surface area contributed by atoms with Crippen molar-refractivity contribution in [2.45, 2.75) is 64.3 Å². The quantitative estimate of drug-likeness (QED) is 0.271. The van der Waals surface area contributed by atoms with Crippen LogP contribution in [0.25, 0.3) is 0 Å². The number of benzene rings is 1. The number of halogens is 1. The fourth-order valence-electron chi connectivity index (χ4n) is 3.87.